The molecule has 2 heterocycles. The smallest absolute Gasteiger partial charge is 0.326 e. The van der Waals surface area contributed by atoms with Gasteiger partial charge >= 0.3 is 11.9 Å². The van der Waals surface area contributed by atoms with E-state index in [1.54, 1.807) is 18.3 Å². The lowest BCUT2D eigenvalue weighted by molar-refractivity contribution is -0.154. The third kappa shape index (κ3) is 2.69. The number of esters is 2. The second kappa shape index (κ2) is 6.01. The molecular weight excluding hydrogens is 260 g/mol. The topological polar surface area (TPSA) is 70.4 Å². The first-order valence-electron chi connectivity index (χ1n) is 5.92. The highest BCUT2D eigenvalue weighted by atomic mass is 16.5. The number of carbonyl (C=O) groups excluding carboxylic acids is 2. The van der Waals surface area contributed by atoms with Gasteiger partial charge in [-0.15, -0.1) is 0 Å². The van der Waals surface area contributed by atoms with Crippen LogP contribution in [0.25, 0.3) is 5.69 Å². The number of hydrogen-bond acceptors (Lipinski definition) is 5. The van der Waals surface area contributed by atoms with Crippen molar-refractivity contribution in [1.29, 1.82) is 0 Å². The maximum Gasteiger partial charge on any atom is 0.326 e. The lowest BCUT2D eigenvalue weighted by atomic mass is 10.1. The predicted molar refractivity (Wildman–Crippen MR) is 70.3 cm³/mol. The molecule has 0 bridgehead atoms. The SMILES string of the molecule is COC(=O)C(C(=O)OC)c1ccc(-n2cccc2)cn1. The number of nitrogens with zero attached hydrogens (tertiary/aromatic N) is 2. The van der Waals surface area contributed by atoms with E-state index >= 15 is 0 Å². The van der Waals surface area contributed by atoms with Gasteiger partial charge in [0.15, 0.2) is 5.92 Å². The monoisotopic (exact) mass is 274 g/mol. The minimum atomic E-state index is -1.16. The van der Waals surface area contributed by atoms with Crippen molar-refractivity contribution in [3.63, 3.8) is 0 Å². The molecule has 0 N–H and O–H groups in total. The summed E-state index contributed by atoms with van der Waals surface area (Å²) in [6, 6.07) is 7.15. The molecule has 0 radical (unpaired) electrons. The molecule has 0 aliphatic carbocycles. The summed E-state index contributed by atoms with van der Waals surface area (Å²) in [7, 11) is 2.43. The molecule has 2 rings (SSSR count). The minimum Gasteiger partial charge on any atom is -0.468 e. The van der Waals surface area contributed by atoms with E-state index in [-0.39, 0.29) is 0 Å². The summed E-state index contributed by atoms with van der Waals surface area (Å²) in [5.41, 5.74) is 1.12. The molecule has 0 aliphatic heterocycles. The van der Waals surface area contributed by atoms with Crippen LogP contribution in [-0.4, -0.2) is 35.7 Å². The molecule has 0 amide bonds. The zero-order valence-electron chi connectivity index (χ0n) is 11.1. The average molecular weight is 274 g/mol. The van der Waals surface area contributed by atoms with Gasteiger partial charge in [-0.1, -0.05) is 0 Å². The molecule has 0 unspecified atom stereocenters. The van der Waals surface area contributed by atoms with Crippen molar-refractivity contribution >= 4 is 11.9 Å². The highest BCUT2D eigenvalue weighted by Crippen LogP contribution is 2.18. The molecule has 2 aromatic rings. The minimum absolute atomic E-state index is 0.291. The number of aromatic nitrogens is 2. The molecule has 6 heteroatoms. The van der Waals surface area contributed by atoms with Gasteiger partial charge in [-0.05, 0) is 24.3 Å². The molecule has 2 aromatic heterocycles. The van der Waals surface area contributed by atoms with Crippen molar-refractivity contribution in [2.24, 2.45) is 0 Å². The van der Waals surface area contributed by atoms with Gasteiger partial charge in [0.25, 0.3) is 0 Å². The maximum atomic E-state index is 11.7. The Morgan fingerprint density at radius 1 is 1.10 bits per heavy atom. The van der Waals surface area contributed by atoms with E-state index in [0.717, 1.165) is 5.69 Å². The quantitative estimate of drug-likeness (QED) is 0.621. The lowest BCUT2D eigenvalue weighted by Crippen LogP contribution is -2.25. The molecule has 0 fully saturated rings. The molecule has 0 atom stereocenters. The zero-order chi connectivity index (χ0) is 14.5. The largest absolute Gasteiger partial charge is 0.468 e. The standard InChI is InChI=1S/C14H14N2O4/c1-19-13(17)12(14(18)20-2)11-6-5-10(9-15-11)16-7-3-4-8-16/h3-9,12H,1-2H3. The second-order valence-corrected chi connectivity index (χ2v) is 4.01. The van der Waals surface area contributed by atoms with E-state index in [9.17, 15) is 9.59 Å². The van der Waals surface area contributed by atoms with Gasteiger partial charge in [-0.3, -0.25) is 14.6 Å². The van der Waals surface area contributed by atoms with E-state index in [2.05, 4.69) is 14.5 Å². The Hall–Kier alpha value is -2.63. The van der Waals surface area contributed by atoms with Crippen molar-refractivity contribution in [1.82, 2.24) is 9.55 Å². The summed E-state index contributed by atoms with van der Waals surface area (Å²) in [6.07, 6.45) is 5.32. The van der Waals surface area contributed by atoms with Gasteiger partial charge in [0.1, 0.15) is 0 Å². The Labute approximate surface area is 116 Å². The van der Waals surface area contributed by atoms with Gasteiger partial charge in [-0.25, -0.2) is 0 Å². The van der Waals surface area contributed by atoms with Crippen LogP contribution in [0, 0.1) is 0 Å². The Balaban J connectivity index is 2.31. The van der Waals surface area contributed by atoms with Crippen molar-refractivity contribution in [3.05, 3.63) is 48.5 Å². The number of ether oxygens (including phenoxy) is 2. The van der Waals surface area contributed by atoms with Crippen LogP contribution in [0.5, 0.6) is 0 Å². The Kier molecular flexibility index (Phi) is 4.14. The van der Waals surface area contributed by atoms with Crippen LogP contribution in [0.3, 0.4) is 0 Å². The summed E-state index contributed by atoms with van der Waals surface area (Å²) < 4.78 is 11.1. The van der Waals surface area contributed by atoms with Crippen LogP contribution in [0.4, 0.5) is 0 Å². The number of methoxy groups -OCH3 is 2. The van der Waals surface area contributed by atoms with E-state index in [1.165, 1.54) is 14.2 Å². The van der Waals surface area contributed by atoms with Crippen LogP contribution >= 0.6 is 0 Å². The van der Waals surface area contributed by atoms with Gasteiger partial charge in [-0.2, -0.15) is 0 Å². The molecule has 0 spiro atoms. The number of rotatable bonds is 4. The van der Waals surface area contributed by atoms with Crippen molar-refractivity contribution < 1.29 is 19.1 Å². The summed E-state index contributed by atoms with van der Waals surface area (Å²) in [5, 5.41) is 0. The van der Waals surface area contributed by atoms with Gasteiger partial charge in [0.2, 0.25) is 0 Å². The van der Waals surface area contributed by atoms with Crippen molar-refractivity contribution in [2.75, 3.05) is 14.2 Å². The van der Waals surface area contributed by atoms with Crippen LogP contribution in [0.15, 0.2) is 42.9 Å². The summed E-state index contributed by atoms with van der Waals surface area (Å²) in [5.74, 6) is -2.56. The third-order valence-electron chi connectivity index (χ3n) is 2.84. The first-order valence-corrected chi connectivity index (χ1v) is 5.92. The fraction of sp³-hybridized carbons (Fsp3) is 0.214. The Bertz CT molecular complexity index is 574. The number of carbonyl (C=O) groups is 2. The molecule has 0 aromatic carbocycles. The van der Waals surface area contributed by atoms with Crippen molar-refractivity contribution in [3.8, 4) is 5.69 Å². The van der Waals surface area contributed by atoms with Gasteiger partial charge in [0, 0.05) is 12.4 Å². The fourth-order valence-electron chi connectivity index (χ4n) is 1.80. The maximum absolute atomic E-state index is 11.7. The molecule has 20 heavy (non-hydrogen) atoms. The molecule has 0 saturated heterocycles. The highest BCUT2D eigenvalue weighted by Gasteiger charge is 2.31. The van der Waals surface area contributed by atoms with E-state index in [1.807, 2.05) is 29.1 Å². The zero-order valence-corrected chi connectivity index (χ0v) is 11.1. The Morgan fingerprint density at radius 2 is 1.70 bits per heavy atom. The molecular formula is C14H14N2O4. The fourth-order valence-corrected chi connectivity index (χ4v) is 1.80. The first kappa shape index (κ1) is 13.8. The molecule has 6 nitrogen and oxygen atoms in total. The third-order valence-corrected chi connectivity index (χ3v) is 2.84. The molecule has 0 aliphatic rings. The lowest BCUT2D eigenvalue weighted by Gasteiger charge is -2.12. The van der Waals surface area contributed by atoms with Gasteiger partial charge < -0.3 is 14.0 Å². The normalized spacial score (nSPS) is 10.3. The summed E-state index contributed by atoms with van der Waals surface area (Å²) in [4.78, 5) is 27.5. The van der Waals surface area contributed by atoms with Crippen LogP contribution in [0.2, 0.25) is 0 Å². The van der Waals surface area contributed by atoms with E-state index in [4.69, 9.17) is 0 Å². The van der Waals surface area contributed by atoms with Gasteiger partial charge in [0.05, 0.1) is 31.8 Å². The second-order valence-electron chi connectivity index (χ2n) is 4.01. The van der Waals surface area contributed by atoms with Crippen LogP contribution in [0.1, 0.15) is 11.6 Å². The first-order chi connectivity index (χ1) is 9.67. The summed E-state index contributed by atoms with van der Waals surface area (Å²) in [6.45, 7) is 0. The van der Waals surface area contributed by atoms with E-state index < -0.39 is 17.9 Å². The number of pyridine rings is 1. The highest BCUT2D eigenvalue weighted by molar-refractivity contribution is 6.00. The molecule has 0 saturated carbocycles. The van der Waals surface area contributed by atoms with Crippen LogP contribution in [-0.2, 0) is 19.1 Å². The summed E-state index contributed by atoms with van der Waals surface area (Å²) >= 11 is 0. The van der Waals surface area contributed by atoms with Crippen LogP contribution < -0.4 is 0 Å². The molecule has 104 valence electrons. The number of hydrogen-bond donors (Lipinski definition) is 0. The average Bonchev–Trinajstić information content (AvgIpc) is 3.02. The predicted octanol–water partition coefficient (Wildman–Crippen LogP) is 1.30. The van der Waals surface area contributed by atoms with Crippen molar-refractivity contribution in [2.45, 2.75) is 5.92 Å². The van der Waals surface area contributed by atoms with E-state index in [0.29, 0.717) is 5.69 Å². The Morgan fingerprint density at radius 3 is 2.15 bits per heavy atom.